The normalized spacial score (nSPS) is 10.9. The van der Waals surface area contributed by atoms with Crippen LogP contribution in [-0.2, 0) is 4.84 Å². The first-order chi connectivity index (χ1) is 10.4. The van der Waals surface area contributed by atoms with E-state index in [1.54, 1.807) is 36.4 Å². The molecule has 0 fully saturated rings. The average molecular weight is 299 g/mol. The Morgan fingerprint density at radius 3 is 2.05 bits per heavy atom. The van der Waals surface area contributed by atoms with E-state index >= 15 is 0 Å². The van der Waals surface area contributed by atoms with Gasteiger partial charge in [0.05, 0.1) is 23.9 Å². The van der Waals surface area contributed by atoms with Crippen molar-refractivity contribution in [1.29, 1.82) is 0 Å². The van der Waals surface area contributed by atoms with Crippen LogP contribution >= 0.6 is 0 Å². The van der Waals surface area contributed by atoms with Crippen LogP contribution in [0.25, 0.3) is 0 Å². The Balaban J connectivity index is 2.21. The van der Waals surface area contributed by atoms with Crippen molar-refractivity contribution in [2.75, 3.05) is 12.2 Å². The Labute approximate surface area is 131 Å². The van der Waals surface area contributed by atoms with Crippen molar-refractivity contribution in [3.63, 3.8) is 0 Å². The standard InChI is InChI=1S/C18H21NO3/c1-18(2,3)19(15-8-6-5-7-9-15)22-17(20)14-10-12-16(21-4)13-11-14/h5-13H,1-4H3. The molecule has 116 valence electrons. The van der Waals surface area contributed by atoms with Crippen molar-refractivity contribution in [3.05, 3.63) is 60.2 Å². The minimum atomic E-state index is -0.401. The number of para-hydroxylation sites is 1. The molecule has 2 rings (SSSR count). The van der Waals surface area contributed by atoms with Crippen molar-refractivity contribution >= 4 is 11.7 Å². The van der Waals surface area contributed by atoms with Crippen LogP contribution in [0.3, 0.4) is 0 Å². The number of hydroxylamine groups is 1. The zero-order valence-corrected chi connectivity index (χ0v) is 13.4. The van der Waals surface area contributed by atoms with Gasteiger partial charge in [0, 0.05) is 0 Å². The van der Waals surface area contributed by atoms with E-state index in [4.69, 9.17) is 9.57 Å². The van der Waals surface area contributed by atoms with Crippen LogP contribution < -0.4 is 9.80 Å². The predicted octanol–water partition coefficient (Wildman–Crippen LogP) is 4.07. The third-order valence-corrected chi connectivity index (χ3v) is 3.10. The molecule has 2 aromatic rings. The second-order valence-electron chi connectivity index (χ2n) is 5.91. The molecule has 0 radical (unpaired) electrons. The van der Waals surface area contributed by atoms with Crippen LogP contribution in [0.2, 0.25) is 0 Å². The summed E-state index contributed by atoms with van der Waals surface area (Å²) in [6.45, 7) is 5.96. The van der Waals surface area contributed by atoms with Crippen LogP contribution in [-0.4, -0.2) is 18.6 Å². The highest BCUT2D eigenvalue weighted by molar-refractivity contribution is 5.90. The molecule has 0 aromatic heterocycles. The number of nitrogens with zero attached hydrogens (tertiary/aromatic N) is 1. The number of carbonyl (C=O) groups is 1. The molecule has 0 N–H and O–H groups in total. The molecular formula is C18H21NO3. The predicted molar refractivity (Wildman–Crippen MR) is 87.1 cm³/mol. The number of benzene rings is 2. The van der Waals surface area contributed by atoms with Crippen molar-refractivity contribution in [2.45, 2.75) is 26.3 Å². The fourth-order valence-electron chi connectivity index (χ4n) is 2.00. The molecule has 0 aliphatic heterocycles. The number of anilines is 1. The zero-order chi connectivity index (χ0) is 16.2. The Morgan fingerprint density at radius 2 is 1.55 bits per heavy atom. The van der Waals surface area contributed by atoms with Crippen LogP contribution in [0.1, 0.15) is 31.1 Å². The number of hydrogen-bond donors (Lipinski definition) is 0. The van der Waals surface area contributed by atoms with Gasteiger partial charge >= 0.3 is 5.97 Å². The maximum atomic E-state index is 12.4. The van der Waals surface area contributed by atoms with E-state index in [1.165, 1.54) is 0 Å². The van der Waals surface area contributed by atoms with E-state index in [0.29, 0.717) is 11.3 Å². The first-order valence-electron chi connectivity index (χ1n) is 7.13. The van der Waals surface area contributed by atoms with Crippen molar-refractivity contribution < 1.29 is 14.4 Å². The summed E-state index contributed by atoms with van der Waals surface area (Å²) in [6.07, 6.45) is 0. The molecule has 0 atom stereocenters. The monoisotopic (exact) mass is 299 g/mol. The van der Waals surface area contributed by atoms with Gasteiger partial charge in [-0.15, -0.1) is 0 Å². The van der Waals surface area contributed by atoms with Gasteiger partial charge in [-0.1, -0.05) is 18.2 Å². The van der Waals surface area contributed by atoms with Crippen LogP contribution in [0, 0.1) is 0 Å². The molecule has 0 aliphatic rings. The summed E-state index contributed by atoms with van der Waals surface area (Å²) in [7, 11) is 1.59. The van der Waals surface area contributed by atoms with Gasteiger partial charge < -0.3 is 9.57 Å². The number of carbonyl (C=O) groups excluding carboxylic acids is 1. The lowest BCUT2D eigenvalue weighted by Crippen LogP contribution is -2.43. The minimum absolute atomic E-state index is 0.358. The van der Waals surface area contributed by atoms with Gasteiger partial charge in [-0.3, -0.25) is 0 Å². The average Bonchev–Trinajstić information content (AvgIpc) is 2.52. The van der Waals surface area contributed by atoms with Crippen LogP contribution in [0.5, 0.6) is 5.75 Å². The van der Waals surface area contributed by atoms with Crippen LogP contribution in [0.4, 0.5) is 5.69 Å². The van der Waals surface area contributed by atoms with Gasteiger partial charge in [-0.05, 0) is 57.2 Å². The Bertz CT molecular complexity index is 615. The van der Waals surface area contributed by atoms with Gasteiger partial charge in [0.25, 0.3) is 0 Å². The second-order valence-corrected chi connectivity index (χ2v) is 5.91. The largest absolute Gasteiger partial charge is 0.497 e. The molecule has 4 heteroatoms. The topological polar surface area (TPSA) is 38.8 Å². The number of methoxy groups -OCH3 is 1. The Morgan fingerprint density at radius 1 is 0.955 bits per heavy atom. The van der Waals surface area contributed by atoms with E-state index in [9.17, 15) is 4.79 Å². The maximum Gasteiger partial charge on any atom is 0.363 e. The SMILES string of the molecule is COc1ccc(C(=O)ON(c2ccccc2)C(C)(C)C)cc1. The summed E-state index contributed by atoms with van der Waals surface area (Å²) in [4.78, 5) is 18.0. The lowest BCUT2D eigenvalue weighted by Gasteiger charge is -2.35. The lowest BCUT2D eigenvalue weighted by atomic mass is 10.1. The highest BCUT2D eigenvalue weighted by Crippen LogP contribution is 2.25. The summed E-state index contributed by atoms with van der Waals surface area (Å²) in [5.74, 6) is 0.300. The Kier molecular flexibility index (Phi) is 4.71. The van der Waals surface area contributed by atoms with Crippen molar-refractivity contribution in [3.8, 4) is 5.75 Å². The molecule has 0 heterocycles. The molecule has 0 amide bonds. The second kappa shape index (κ2) is 6.52. The molecule has 0 bridgehead atoms. The highest BCUT2D eigenvalue weighted by Gasteiger charge is 2.26. The molecule has 22 heavy (non-hydrogen) atoms. The first-order valence-corrected chi connectivity index (χ1v) is 7.13. The maximum absolute atomic E-state index is 12.4. The van der Waals surface area contributed by atoms with E-state index in [1.807, 2.05) is 51.1 Å². The van der Waals surface area contributed by atoms with E-state index in [-0.39, 0.29) is 5.54 Å². The molecule has 0 unspecified atom stereocenters. The van der Waals surface area contributed by atoms with Gasteiger partial charge in [0.15, 0.2) is 0 Å². The Hall–Kier alpha value is -2.49. The number of ether oxygens (including phenoxy) is 1. The zero-order valence-electron chi connectivity index (χ0n) is 13.4. The van der Waals surface area contributed by atoms with Crippen molar-refractivity contribution in [1.82, 2.24) is 0 Å². The number of hydrogen-bond acceptors (Lipinski definition) is 4. The van der Waals surface area contributed by atoms with E-state index < -0.39 is 5.97 Å². The minimum Gasteiger partial charge on any atom is -0.497 e. The quantitative estimate of drug-likeness (QED) is 0.798. The van der Waals surface area contributed by atoms with Gasteiger partial charge in [0.1, 0.15) is 5.75 Å². The fourth-order valence-corrected chi connectivity index (χ4v) is 2.00. The third-order valence-electron chi connectivity index (χ3n) is 3.10. The summed E-state index contributed by atoms with van der Waals surface area (Å²) in [5.41, 5.74) is 0.951. The summed E-state index contributed by atoms with van der Waals surface area (Å²) in [6, 6.07) is 16.4. The van der Waals surface area contributed by atoms with Gasteiger partial charge in [-0.25, -0.2) is 9.86 Å². The van der Waals surface area contributed by atoms with Gasteiger partial charge in [-0.2, -0.15) is 0 Å². The van der Waals surface area contributed by atoms with E-state index in [2.05, 4.69) is 0 Å². The summed E-state index contributed by atoms with van der Waals surface area (Å²) < 4.78 is 5.09. The summed E-state index contributed by atoms with van der Waals surface area (Å²) in [5, 5.41) is 1.62. The van der Waals surface area contributed by atoms with Gasteiger partial charge in [0.2, 0.25) is 0 Å². The molecule has 0 saturated carbocycles. The third kappa shape index (κ3) is 3.79. The molecule has 2 aromatic carbocycles. The molecule has 4 nitrogen and oxygen atoms in total. The lowest BCUT2D eigenvalue weighted by molar-refractivity contribution is 0.0346. The van der Waals surface area contributed by atoms with Crippen molar-refractivity contribution in [2.24, 2.45) is 0 Å². The molecule has 0 spiro atoms. The smallest absolute Gasteiger partial charge is 0.363 e. The number of rotatable bonds is 4. The molecule has 0 saturated heterocycles. The van der Waals surface area contributed by atoms with Crippen LogP contribution in [0.15, 0.2) is 54.6 Å². The first kappa shape index (κ1) is 15.9. The molecule has 0 aliphatic carbocycles. The van der Waals surface area contributed by atoms with E-state index in [0.717, 1.165) is 5.69 Å². The molecular weight excluding hydrogens is 278 g/mol. The summed E-state index contributed by atoms with van der Waals surface area (Å²) >= 11 is 0. The fraction of sp³-hybridized carbons (Fsp3) is 0.278. The highest BCUT2D eigenvalue weighted by atomic mass is 16.7.